The zero-order valence-electron chi connectivity index (χ0n) is 15.8. The van der Waals surface area contributed by atoms with E-state index in [1.165, 1.54) is 5.39 Å². The minimum Gasteiger partial charge on any atom is -0.464 e. The maximum absolute atomic E-state index is 12.2. The molecule has 28 heavy (non-hydrogen) atoms. The van der Waals surface area contributed by atoms with E-state index in [-0.39, 0.29) is 36.0 Å². The third kappa shape index (κ3) is 2.63. The molecule has 0 radical (unpaired) electrons. The lowest BCUT2D eigenvalue weighted by molar-refractivity contribution is -0.145. The maximum Gasteiger partial charge on any atom is 0.338 e. The molecule has 2 fully saturated rings. The van der Waals surface area contributed by atoms with Crippen LogP contribution < -0.4 is 0 Å². The molecular weight excluding hydrogens is 360 g/mol. The van der Waals surface area contributed by atoms with Gasteiger partial charge in [-0.25, -0.2) is 9.59 Å². The average Bonchev–Trinajstić information content (AvgIpc) is 3.60. The van der Waals surface area contributed by atoms with Crippen molar-refractivity contribution in [3.63, 3.8) is 0 Å². The molecule has 2 aromatic carbocycles. The number of ether oxygens (including phenoxy) is 4. The summed E-state index contributed by atoms with van der Waals surface area (Å²) < 4.78 is 21.8. The molecule has 2 saturated heterocycles. The van der Waals surface area contributed by atoms with Gasteiger partial charge in [0, 0.05) is 11.8 Å². The summed E-state index contributed by atoms with van der Waals surface area (Å²) in [5.41, 5.74) is 2.29. The molecule has 5 rings (SSSR count). The second kappa shape index (κ2) is 6.57. The lowest BCUT2D eigenvalue weighted by atomic mass is 9.82. The molecule has 0 bridgehead atoms. The molecule has 6 atom stereocenters. The van der Waals surface area contributed by atoms with Gasteiger partial charge in [0.05, 0.1) is 13.2 Å². The van der Waals surface area contributed by atoms with Gasteiger partial charge in [-0.15, -0.1) is 0 Å². The summed E-state index contributed by atoms with van der Waals surface area (Å²) in [5, 5.41) is 2.32. The van der Waals surface area contributed by atoms with Crippen LogP contribution in [0.2, 0.25) is 0 Å². The van der Waals surface area contributed by atoms with E-state index in [1.807, 2.05) is 12.1 Å². The predicted octanol–water partition coefficient (Wildman–Crippen LogP) is 2.68. The van der Waals surface area contributed by atoms with Gasteiger partial charge in [-0.3, -0.25) is 0 Å². The number of benzene rings is 2. The van der Waals surface area contributed by atoms with Gasteiger partial charge in [0.2, 0.25) is 0 Å². The second-order valence-electron chi connectivity index (χ2n) is 7.39. The molecule has 0 aromatic heterocycles. The van der Waals surface area contributed by atoms with E-state index in [4.69, 9.17) is 18.9 Å². The largest absolute Gasteiger partial charge is 0.464 e. The quantitative estimate of drug-likeness (QED) is 0.565. The van der Waals surface area contributed by atoms with Crippen LogP contribution in [0.3, 0.4) is 0 Å². The summed E-state index contributed by atoms with van der Waals surface area (Å²) in [5.74, 6) is -0.763. The molecule has 0 N–H and O–H groups in total. The van der Waals surface area contributed by atoms with Crippen LogP contribution in [0.15, 0.2) is 36.4 Å². The van der Waals surface area contributed by atoms with Crippen molar-refractivity contribution in [3.05, 3.63) is 47.5 Å². The zero-order chi connectivity index (χ0) is 19.4. The highest BCUT2D eigenvalue weighted by molar-refractivity contribution is 5.93. The standard InChI is InChI=1S/C22H22O6/c1-3-25-21(23)19-17(27-19)15-12-9-5-7-11-8-6-10-13(14(11)12)16(15)18-20(28-18)22(24)26-4-2/h5-10,15-20H,3-4H2,1-2H3/t15-,16+,17+,18-,19+,20-. The predicted molar refractivity (Wildman–Crippen MR) is 100 cm³/mol. The van der Waals surface area contributed by atoms with Gasteiger partial charge in [0.25, 0.3) is 0 Å². The Kier molecular flexibility index (Phi) is 4.14. The first-order valence-electron chi connectivity index (χ1n) is 9.81. The van der Waals surface area contributed by atoms with E-state index in [9.17, 15) is 9.59 Å². The van der Waals surface area contributed by atoms with Crippen LogP contribution in [0, 0.1) is 0 Å². The van der Waals surface area contributed by atoms with E-state index in [0.29, 0.717) is 13.2 Å². The summed E-state index contributed by atoms with van der Waals surface area (Å²) >= 11 is 0. The van der Waals surface area contributed by atoms with Crippen molar-refractivity contribution in [2.24, 2.45) is 0 Å². The first-order chi connectivity index (χ1) is 13.7. The summed E-state index contributed by atoms with van der Waals surface area (Å²) in [6.07, 6.45) is -1.66. The molecule has 0 saturated carbocycles. The number of hydrogen-bond donors (Lipinski definition) is 0. The highest BCUT2D eigenvalue weighted by Gasteiger charge is 2.62. The first kappa shape index (κ1) is 17.6. The Hall–Kier alpha value is -2.44. The molecule has 2 aliphatic heterocycles. The number of hydrogen-bond acceptors (Lipinski definition) is 6. The summed E-state index contributed by atoms with van der Waals surface area (Å²) in [6.45, 7) is 4.22. The summed E-state index contributed by atoms with van der Waals surface area (Å²) in [6, 6.07) is 12.4. The Morgan fingerprint density at radius 3 is 1.71 bits per heavy atom. The fraction of sp³-hybridized carbons (Fsp3) is 0.455. The van der Waals surface area contributed by atoms with Crippen LogP contribution in [0.4, 0.5) is 0 Å². The van der Waals surface area contributed by atoms with Crippen LogP contribution in [-0.2, 0) is 28.5 Å². The molecular formula is C22H22O6. The van der Waals surface area contributed by atoms with Gasteiger partial charge in [-0.05, 0) is 35.7 Å². The van der Waals surface area contributed by atoms with Crippen molar-refractivity contribution >= 4 is 22.7 Å². The highest BCUT2D eigenvalue weighted by Crippen LogP contribution is 2.58. The Bertz CT molecular complexity index is 880. The molecule has 0 spiro atoms. The van der Waals surface area contributed by atoms with E-state index >= 15 is 0 Å². The van der Waals surface area contributed by atoms with Gasteiger partial charge in [-0.1, -0.05) is 36.4 Å². The van der Waals surface area contributed by atoms with Crippen LogP contribution >= 0.6 is 0 Å². The monoisotopic (exact) mass is 382 g/mol. The summed E-state index contributed by atoms with van der Waals surface area (Å²) in [7, 11) is 0. The number of rotatable bonds is 6. The maximum atomic E-state index is 12.2. The topological polar surface area (TPSA) is 77.7 Å². The van der Waals surface area contributed by atoms with Gasteiger partial charge >= 0.3 is 11.9 Å². The van der Waals surface area contributed by atoms with Crippen molar-refractivity contribution in [1.82, 2.24) is 0 Å². The fourth-order valence-electron chi connectivity index (χ4n) is 4.73. The van der Waals surface area contributed by atoms with Crippen LogP contribution in [0.5, 0.6) is 0 Å². The van der Waals surface area contributed by atoms with Gasteiger partial charge in [0.1, 0.15) is 12.2 Å². The van der Waals surface area contributed by atoms with Crippen LogP contribution in [-0.4, -0.2) is 49.6 Å². The molecule has 3 aliphatic rings. The molecule has 6 heteroatoms. The van der Waals surface area contributed by atoms with E-state index in [1.54, 1.807) is 13.8 Å². The minimum absolute atomic E-state index is 0.0556. The first-order valence-corrected chi connectivity index (χ1v) is 9.81. The smallest absolute Gasteiger partial charge is 0.338 e. The van der Waals surface area contributed by atoms with Crippen molar-refractivity contribution in [1.29, 1.82) is 0 Å². The SMILES string of the molecule is CCOC(=O)[C@H]1O[C@H]1[C@@H]1c2cccc3cccc(c23)[C@@H]1[C@H]1O[C@H]1C(=O)OCC. The minimum atomic E-state index is -0.559. The number of epoxide rings is 2. The van der Waals surface area contributed by atoms with Gasteiger partial charge in [0.15, 0.2) is 12.2 Å². The van der Waals surface area contributed by atoms with Crippen LogP contribution in [0.25, 0.3) is 10.8 Å². The normalized spacial score (nSPS) is 32.2. The van der Waals surface area contributed by atoms with Crippen molar-refractivity contribution in [2.75, 3.05) is 13.2 Å². The van der Waals surface area contributed by atoms with Crippen molar-refractivity contribution in [2.45, 2.75) is 50.1 Å². The molecule has 0 amide bonds. The Balaban J connectivity index is 1.51. The Morgan fingerprint density at radius 2 is 1.29 bits per heavy atom. The molecule has 146 valence electrons. The fourth-order valence-corrected chi connectivity index (χ4v) is 4.73. The third-order valence-electron chi connectivity index (χ3n) is 5.87. The van der Waals surface area contributed by atoms with Gasteiger partial charge < -0.3 is 18.9 Å². The summed E-state index contributed by atoms with van der Waals surface area (Å²) in [4.78, 5) is 24.4. The highest BCUT2D eigenvalue weighted by atomic mass is 16.6. The lowest BCUT2D eigenvalue weighted by Gasteiger charge is -2.18. The molecule has 2 heterocycles. The second-order valence-corrected chi connectivity index (χ2v) is 7.39. The molecule has 6 nitrogen and oxygen atoms in total. The number of carbonyl (C=O) groups excluding carboxylic acids is 2. The van der Waals surface area contributed by atoms with E-state index < -0.39 is 12.2 Å². The molecule has 1 aliphatic carbocycles. The third-order valence-corrected chi connectivity index (χ3v) is 5.87. The van der Waals surface area contributed by atoms with E-state index in [0.717, 1.165) is 16.5 Å². The average molecular weight is 382 g/mol. The van der Waals surface area contributed by atoms with Gasteiger partial charge in [-0.2, -0.15) is 0 Å². The van der Waals surface area contributed by atoms with Crippen molar-refractivity contribution < 1.29 is 28.5 Å². The van der Waals surface area contributed by atoms with E-state index in [2.05, 4.69) is 24.3 Å². The molecule has 2 aromatic rings. The zero-order valence-corrected chi connectivity index (χ0v) is 15.8. The number of esters is 2. The Morgan fingerprint density at radius 1 is 0.821 bits per heavy atom. The van der Waals surface area contributed by atoms with Crippen LogP contribution in [0.1, 0.15) is 36.8 Å². The number of carbonyl (C=O) groups is 2. The lowest BCUT2D eigenvalue weighted by Crippen LogP contribution is -2.24. The van der Waals surface area contributed by atoms with Crippen molar-refractivity contribution in [3.8, 4) is 0 Å². The Labute approximate surface area is 162 Å². The molecule has 0 unspecified atom stereocenters.